The minimum absolute atomic E-state index is 0.630. The second kappa shape index (κ2) is 4.51. The van der Waals surface area contributed by atoms with E-state index in [1.807, 2.05) is 37.3 Å². The van der Waals surface area contributed by atoms with E-state index in [1.165, 1.54) is 0 Å². The molecule has 0 saturated carbocycles. The zero-order valence-electron chi connectivity index (χ0n) is 9.44. The fourth-order valence-electron chi connectivity index (χ4n) is 1.86. The van der Waals surface area contributed by atoms with E-state index in [1.54, 1.807) is 12.1 Å². The molecule has 0 radical (unpaired) electrons. The van der Waals surface area contributed by atoms with Crippen LogP contribution in [0.2, 0.25) is 0 Å². The second-order valence-electron chi connectivity index (χ2n) is 3.75. The molecule has 0 bridgehead atoms. The van der Waals surface area contributed by atoms with Gasteiger partial charge in [0.2, 0.25) is 0 Å². The van der Waals surface area contributed by atoms with Gasteiger partial charge in [0.15, 0.2) is 0 Å². The van der Waals surface area contributed by atoms with Crippen LogP contribution < -0.4 is 0 Å². The van der Waals surface area contributed by atoms with Crippen molar-refractivity contribution < 1.29 is 0 Å². The van der Waals surface area contributed by atoms with E-state index in [0.29, 0.717) is 11.1 Å². The summed E-state index contributed by atoms with van der Waals surface area (Å²) in [6.07, 6.45) is 0. The molecule has 0 spiro atoms. The Balaban J connectivity index is 2.71. The molecule has 80 valence electrons. The highest BCUT2D eigenvalue weighted by atomic mass is 14.3. The van der Waals surface area contributed by atoms with Crippen molar-refractivity contribution >= 4 is 0 Å². The summed E-state index contributed by atoms with van der Waals surface area (Å²) in [4.78, 5) is 0. The minimum Gasteiger partial charge on any atom is -0.192 e. The summed E-state index contributed by atoms with van der Waals surface area (Å²) in [6, 6.07) is 17.3. The summed E-state index contributed by atoms with van der Waals surface area (Å²) < 4.78 is 0. The molecule has 2 aromatic rings. The van der Waals surface area contributed by atoms with Crippen LogP contribution in [0, 0.1) is 29.6 Å². The van der Waals surface area contributed by atoms with Crippen molar-refractivity contribution in [1.29, 1.82) is 10.5 Å². The normalized spacial score (nSPS) is 9.35. The van der Waals surface area contributed by atoms with Gasteiger partial charge in [-0.25, -0.2) is 0 Å². The van der Waals surface area contributed by atoms with Gasteiger partial charge in [-0.3, -0.25) is 0 Å². The van der Waals surface area contributed by atoms with Gasteiger partial charge in [0.05, 0.1) is 23.3 Å². The highest BCUT2D eigenvalue weighted by Gasteiger charge is 2.08. The van der Waals surface area contributed by atoms with Crippen LogP contribution in [-0.2, 0) is 0 Å². The van der Waals surface area contributed by atoms with Gasteiger partial charge >= 0.3 is 0 Å². The zero-order chi connectivity index (χ0) is 12.3. The van der Waals surface area contributed by atoms with Crippen LogP contribution in [0.15, 0.2) is 42.5 Å². The first kappa shape index (κ1) is 10.9. The molecule has 0 aliphatic rings. The van der Waals surface area contributed by atoms with Gasteiger partial charge in [-0.2, -0.15) is 10.5 Å². The maximum Gasteiger partial charge on any atom is 0.0998 e. The predicted octanol–water partition coefficient (Wildman–Crippen LogP) is 3.41. The largest absolute Gasteiger partial charge is 0.192 e. The Morgan fingerprint density at radius 1 is 0.765 bits per heavy atom. The van der Waals surface area contributed by atoms with Crippen LogP contribution in [-0.4, -0.2) is 0 Å². The molecule has 0 unspecified atom stereocenters. The van der Waals surface area contributed by atoms with E-state index in [0.717, 1.165) is 16.7 Å². The molecule has 17 heavy (non-hydrogen) atoms. The Bertz CT molecular complexity index is 643. The van der Waals surface area contributed by atoms with E-state index in [4.69, 9.17) is 10.5 Å². The Hall–Kier alpha value is -2.58. The van der Waals surface area contributed by atoms with Crippen molar-refractivity contribution in [3.63, 3.8) is 0 Å². The summed E-state index contributed by atoms with van der Waals surface area (Å²) in [5.74, 6) is 0. The van der Waals surface area contributed by atoms with Gasteiger partial charge in [0, 0.05) is 0 Å². The topological polar surface area (TPSA) is 47.6 Å². The van der Waals surface area contributed by atoms with Gasteiger partial charge < -0.3 is 0 Å². The molecule has 2 aromatic carbocycles. The predicted molar refractivity (Wildman–Crippen MR) is 66.0 cm³/mol. The van der Waals surface area contributed by atoms with Crippen LogP contribution in [0.25, 0.3) is 11.1 Å². The van der Waals surface area contributed by atoms with Gasteiger partial charge in [0.1, 0.15) is 0 Å². The summed E-state index contributed by atoms with van der Waals surface area (Å²) in [5.41, 5.74) is 4.02. The molecule has 0 heterocycles. The summed E-state index contributed by atoms with van der Waals surface area (Å²) in [6.45, 7) is 1.90. The lowest BCUT2D eigenvalue weighted by molar-refractivity contribution is 1.38. The highest BCUT2D eigenvalue weighted by Crippen LogP contribution is 2.27. The lowest BCUT2D eigenvalue weighted by Crippen LogP contribution is -1.90. The zero-order valence-corrected chi connectivity index (χ0v) is 9.44. The molecule has 0 atom stereocenters. The third kappa shape index (κ3) is 1.89. The molecular formula is C15H10N2. The fourth-order valence-corrected chi connectivity index (χ4v) is 1.86. The third-order valence-corrected chi connectivity index (χ3v) is 2.79. The Morgan fingerprint density at radius 2 is 1.35 bits per heavy atom. The summed E-state index contributed by atoms with van der Waals surface area (Å²) >= 11 is 0. The second-order valence-corrected chi connectivity index (χ2v) is 3.75. The number of benzene rings is 2. The Labute approximate surface area is 100 Å². The molecule has 0 aliphatic heterocycles. The van der Waals surface area contributed by atoms with E-state index in [2.05, 4.69) is 12.1 Å². The average molecular weight is 218 g/mol. The lowest BCUT2D eigenvalue weighted by Gasteiger charge is -2.08. The number of nitriles is 2. The van der Waals surface area contributed by atoms with Crippen molar-refractivity contribution in [2.24, 2.45) is 0 Å². The smallest absolute Gasteiger partial charge is 0.0998 e. The van der Waals surface area contributed by atoms with E-state index in [9.17, 15) is 0 Å². The van der Waals surface area contributed by atoms with Crippen LogP contribution in [0.1, 0.15) is 16.7 Å². The van der Waals surface area contributed by atoms with Crippen LogP contribution in [0.5, 0.6) is 0 Å². The van der Waals surface area contributed by atoms with Gasteiger partial charge in [-0.05, 0) is 35.7 Å². The Kier molecular flexibility index (Phi) is 2.90. The van der Waals surface area contributed by atoms with Crippen molar-refractivity contribution in [3.05, 3.63) is 59.2 Å². The third-order valence-electron chi connectivity index (χ3n) is 2.79. The van der Waals surface area contributed by atoms with Gasteiger partial charge in [-0.15, -0.1) is 0 Å². The monoisotopic (exact) mass is 218 g/mol. The molecular weight excluding hydrogens is 208 g/mol. The first-order valence-corrected chi connectivity index (χ1v) is 5.27. The molecule has 2 heteroatoms. The standard InChI is InChI=1S/C15H10N2/c1-11-12(9-16)6-4-8-14(11)15-7-3-2-5-13(15)10-17/h2-8H,1H3. The van der Waals surface area contributed by atoms with Crippen molar-refractivity contribution in [3.8, 4) is 23.3 Å². The maximum atomic E-state index is 9.08. The molecule has 2 nitrogen and oxygen atoms in total. The highest BCUT2D eigenvalue weighted by molar-refractivity contribution is 5.74. The van der Waals surface area contributed by atoms with Crippen molar-refractivity contribution in [2.75, 3.05) is 0 Å². The molecule has 0 saturated heterocycles. The number of hydrogen-bond donors (Lipinski definition) is 0. The number of rotatable bonds is 1. The molecule has 0 aliphatic carbocycles. The average Bonchev–Trinajstić information content (AvgIpc) is 2.39. The first-order valence-electron chi connectivity index (χ1n) is 5.27. The van der Waals surface area contributed by atoms with Gasteiger partial charge in [0.25, 0.3) is 0 Å². The minimum atomic E-state index is 0.630. The summed E-state index contributed by atoms with van der Waals surface area (Å²) in [7, 11) is 0. The lowest BCUT2D eigenvalue weighted by atomic mass is 9.94. The molecule has 0 amide bonds. The molecule has 0 fully saturated rings. The fraction of sp³-hybridized carbons (Fsp3) is 0.0667. The first-order chi connectivity index (χ1) is 8.27. The van der Waals surface area contributed by atoms with Crippen LogP contribution >= 0.6 is 0 Å². The van der Waals surface area contributed by atoms with E-state index in [-0.39, 0.29) is 0 Å². The number of nitrogens with zero attached hydrogens (tertiary/aromatic N) is 2. The van der Waals surface area contributed by atoms with Crippen molar-refractivity contribution in [1.82, 2.24) is 0 Å². The van der Waals surface area contributed by atoms with E-state index >= 15 is 0 Å². The molecule has 0 N–H and O–H groups in total. The van der Waals surface area contributed by atoms with Crippen LogP contribution in [0.3, 0.4) is 0 Å². The SMILES string of the molecule is Cc1c(C#N)cccc1-c1ccccc1C#N. The summed E-state index contributed by atoms with van der Waals surface area (Å²) in [5, 5.41) is 18.1. The Morgan fingerprint density at radius 3 is 2.06 bits per heavy atom. The number of hydrogen-bond acceptors (Lipinski definition) is 2. The van der Waals surface area contributed by atoms with Crippen LogP contribution in [0.4, 0.5) is 0 Å². The molecule has 0 aromatic heterocycles. The van der Waals surface area contributed by atoms with Crippen molar-refractivity contribution in [2.45, 2.75) is 6.92 Å². The van der Waals surface area contributed by atoms with Gasteiger partial charge in [-0.1, -0.05) is 30.3 Å². The quantitative estimate of drug-likeness (QED) is 0.736. The molecule has 2 rings (SSSR count). The maximum absolute atomic E-state index is 9.08. The van der Waals surface area contributed by atoms with E-state index < -0.39 is 0 Å².